The van der Waals surface area contributed by atoms with Gasteiger partial charge < -0.3 is 10.4 Å². The summed E-state index contributed by atoms with van der Waals surface area (Å²) in [6, 6.07) is 10.7. The number of pyridine rings is 1. The Morgan fingerprint density at radius 2 is 1.97 bits per heavy atom. The molecular weight excluding hydrogens is 451 g/mol. The van der Waals surface area contributed by atoms with E-state index in [0.29, 0.717) is 11.3 Å². The number of carboxylic acid groups (broad SMARTS) is 1. The van der Waals surface area contributed by atoms with Crippen LogP contribution in [0.1, 0.15) is 27.3 Å². The van der Waals surface area contributed by atoms with Crippen molar-refractivity contribution in [3.8, 4) is 23.0 Å². The van der Waals surface area contributed by atoms with Crippen molar-refractivity contribution in [3.05, 3.63) is 77.5 Å². The number of halogens is 3. The Hall–Kier alpha value is -4.79. The number of aromatic carboxylic acids is 1. The van der Waals surface area contributed by atoms with E-state index in [1.165, 1.54) is 25.4 Å². The summed E-state index contributed by atoms with van der Waals surface area (Å²) in [7, 11) is 0. The Morgan fingerprint density at radius 1 is 1.18 bits per heavy atom. The van der Waals surface area contributed by atoms with E-state index in [1.807, 2.05) is 6.07 Å². The number of aromatic nitrogens is 5. The minimum atomic E-state index is -4.67. The molecule has 170 valence electrons. The molecule has 9 nitrogen and oxygen atoms in total. The van der Waals surface area contributed by atoms with Crippen LogP contribution in [0.25, 0.3) is 16.9 Å². The van der Waals surface area contributed by atoms with Crippen LogP contribution in [0.2, 0.25) is 0 Å². The van der Waals surface area contributed by atoms with Crippen molar-refractivity contribution in [1.82, 2.24) is 24.7 Å². The van der Waals surface area contributed by atoms with Crippen LogP contribution in [0.4, 0.5) is 24.8 Å². The molecule has 2 N–H and O–H groups in total. The minimum absolute atomic E-state index is 0.0220. The zero-order chi connectivity index (χ0) is 24.5. The van der Waals surface area contributed by atoms with Gasteiger partial charge in [0.15, 0.2) is 11.5 Å². The molecule has 4 aromatic rings. The highest BCUT2D eigenvalue weighted by Gasteiger charge is 2.35. The van der Waals surface area contributed by atoms with Crippen molar-refractivity contribution in [3.63, 3.8) is 0 Å². The first-order valence-electron chi connectivity index (χ1n) is 9.63. The molecule has 0 aliphatic heterocycles. The summed E-state index contributed by atoms with van der Waals surface area (Å²) < 4.78 is 40.8. The van der Waals surface area contributed by atoms with Crippen molar-refractivity contribution >= 4 is 17.6 Å². The van der Waals surface area contributed by atoms with Gasteiger partial charge in [-0.25, -0.2) is 14.5 Å². The number of aryl methyl sites for hydroxylation is 1. The number of hydrogen-bond donors (Lipinski definition) is 2. The average Bonchev–Trinajstić information content (AvgIpc) is 3.21. The smallest absolute Gasteiger partial charge is 0.435 e. The summed E-state index contributed by atoms with van der Waals surface area (Å²) >= 11 is 0. The fraction of sp³-hybridized carbons (Fsp3) is 0.0909. The van der Waals surface area contributed by atoms with Crippen LogP contribution >= 0.6 is 0 Å². The first-order chi connectivity index (χ1) is 16.2. The van der Waals surface area contributed by atoms with E-state index in [9.17, 15) is 23.1 Å². The highest BCUT2D eigenvalue weighted by Crippen LogP contribution is 2.32. The predicted molar refractivity (Wildman–Crippen MR) is 114 cm³/mol. The SMILES string of the molecule is Cc1cc(C(F)(F)F)nn1-c1nc(Nc2cccc(C#N)c2)ncc1-c1cncc(C(=O)O)c1. The number of alkyl halides is 3. The quantitative estimate of drug-likeness (QED) is 0.445. The Bertz CT molecular complexity index is 1440. The lowest BCUT2D eigenvalue weighted by atomic mass is 10.1. The molecule has 0 fully saturated rings. The molecule has 12 heteroatoms. The van der Waals surface area contributed by atoms with Gasteiger partial charge in [0.25, 0.3) is 0 Å². The zero-order valence-corrected chi connectivity index (χ0v) is 17.4. The van der Waals surface area contributed by atoms with Gasteiger partial charge in [-0.15, -0.1) is 0 Å². The first kappa shape index (κ1) is 22.4. The number of nitriles is 1. The predicted octanol–water partition coefficient (Wildman–Crippen LogP) is 4.37. The lowest BCUT2D eigenvalue weighted by molar-refractivity contribution is -0.141. The molecule has 0 aliphatic carbocycles. The number of nitrogens with one attached hydrogen (secondary N) is 1. The van der Waals surface area contributed by atoms with Gasteiger partial charge in [0.1, 0.15) is 0 Å². The van der Waals surface area contributed by atoms with E-state index in [0.717, 1.165) is 16.9 Å². The number of hydrogen-bond acceptors (Lipinski definition) is 7. The molecule has 3 aromatic heterocycles. The second-order valence-electron chi connectivity index (χ2n) is 7.10. The molecule has 0 saturated heterocycles. The topological polar surface area (TPSA) is 130 Å². The maximum absolute atomic E-state index is 13.3. The van der Waals surface area contributed by atoms with Crippen molar-refractivity contribution in [2.24, 2.45) is 0 Å². The number of nitrogens with zero attached hydrogens (tertiary/aromatic N) is 6. The number of benzene rings is 1. The molecular formula is C22H14F3N7O2. The highest BCUT2D eigenvalue weighted by atomic mass is 19.4. The van der Waals surface area contributed by atoms with E-state index in [-0.39, 0.29) is 34.2 Å². The van der Waals surface area contributed by atoms with Crippen molar-refractivity contribution < 1.29 is 23.1 Å². The summed E-state index contributed by atoms with van der Waals surface area (Å²) in [5.74, 6) is -1.21. The molecule has 0 bridgehead atoms. The van der Waals surface area contributed by atoms with Crippen molar-refractivity contribution in [1.29, 1.82) is 5.26 Å². The molecule has 0 aliphatic rings. The minimum Gasteiger partial charge on any atom is -0.478 e. The van der Waals surface area contributed by atoms with E-state index >= 15 is 0 Å². The van der Waals surface area contributed by atoms with Crippen LogP contribution in [0.15, 0.2) is 55.0 Å². The molecule has 0 saturated carbocycles. The van der Waals surface area contributed by atoms with Crippen LogP contribution in [0, 0.1) is 18.3 Å². The van der Waals surface area contributed by atoms with Gasteiger partial charge in [0.05, 0.1) is 17.2 Å². The van der Waals surface area contributed by atoms with Crippen LogP contribution in [-0.4, -0.2) is 35.8 Å². The van der Waals surface area contributed by atoms with Crippen molar-refractivity contribution in [2.75, 3.05) is 5.32 Å². The molecule has 1 aromatic carbocycles. The highest BCUT2D eigenvalue weighted by molar-refractivity contribution is 5.89. The Morgan fingerprint density at radius 3 is 2.65 bits per heavy atom. The van der Waals surface area contributed by atoms with Gasteiger partial charge in [0, 0.05) is 41.1 Å². The van der Waals surface area contributed by atoms with E-state index in [1.54, 1.807) is 24.3 Å². The third-order valence-corrected chi connectivity index (χ3v) is 4.69. The molecule has 34 heavy (non-hydrogen) atoms. The fourth-order valence-corrected chi connectivity index (χ4v) is 3.13. The number of carbonyl (C=O) groups is 1. The third-order valence-electron chi connectivity index (χ3n) is 4.69. The van der Waals surface area contributed by atoms with Gasteiger partial charge in [-0.05, 0) is 37.3 Å². The summed E-state index contributed by atoms with van der Waals surface area (Å²) in [6.07, 6.45) is -0.852. The van der Waals surface area contributed by atoms with Gasteiger partial charge >= 0.3 is 12.1 Å². The molecule has 0 spiro atoms. The largest absolute Gasteiger partial charge is 0.478 e. The summed E-state index contributed by atoms with van der Waals surface area (Å²) in [5, 5.41) is 24.9. The summed E-state index contributed by atoms with van der Waals surface area (Å²) in [6.45, 7) is 1.43. The van der Waals surface area contributed by atoms with E-state index < -0.39 is 17.8 Å². The molecule has 0 amide bonds. The van der Waals surface area contributed by atoms with Crippen LogP contribution in [0.5, 0.6) is 0 Å². The monoisotopic (exact) mass is 465 g/mol. The van der Waals surface area contributed by atoms with Crippen LogP contribution < -0.4 is 5.32 Å². The van der Waals surface area contributed by atoms with Gasteiger partial charge in [-0.1, -0.05) is 6.07 Å². The standard InChI is InChI=1S/C22H14F3N7O2/c1-12-5-18(22(23,24)25)31-32(12)19-17(14-7-15(20(33)34)10-27-9-14)11-28-21(30-19)29-16-4-2-3-13(6-16)8-26/h2-7,9-11H,1H3,(H,33,34)(H,28,29,30). The second kappa shape index (κ2) is 8.62. The van der Waals surface area contributed by atoms with Crippen molar-refractivity contribution in [2.45, 2.75) is 13.1 Å². The lowest BCUT2D eigenvalue weighted by Gasteiger charge is -2.13. The van der Waals surface area contributed by atoms with Gasteiger partial charge in [-0.3, -0.25) is 4.98 Å². The summed E-state index contributed by atoms with van der Waals surface area (Å²) in [5.41, 5.74) is 0.280. The molecule has 0 unspecified atom stereocenters. The Labute approximate surface area is 190 Å². The normalized spacial score (nSPS) is 11.1. The maximum atomic E-state index is 13.3. The van der Waals surface area contributed by atoms with Gasteiger partial charge in [-0.2, -0.15) is 28.5 Å². The number of rotatable bonds is 5. The third kappa shape index (κ3) is 4.53. The zero-order valence-electron chi connectivity index (χ0n) is 17.4. The van der Waals surface area contributed by atoms with E-state index in [2.05, 4.69) is 25.4 Å². The lowest BCUT2D eigenvalue weighted by Crippen LogP contribution is -2.11. The fourth-order valence-electron chi connectivity index (χ4n) is 3.13. The molecule has 0 radical (unpaired) electrons. The number of anilines is 2. The maximum Gasteiger partial charge on any atom is 0.435 e. The Balaban J connectivity index is 1.87. The average molecular weight is 465 g/mol. The summed E-state index contributed by atoms with van der Waals surface area (Å²) in [4.78, 5) is 23.8. The number of carboxylic acids is 1. The Kier molecular flexibility index (Phi) is 5.68. The molecule has 4 rings (SSSR count). The van der Waals surface area contributed by atoms with Gasteiger partial charge in [0.2, 0.25) is 5.95 Å². The van der Waals surface area contributed by atoms with E-state index in [4.69, 9.17) is 5.26 Å². The molecule has 3 heterocycles. The van der Waals surface area contributed by atoms with Crippen LogP contribution in [0.3, 0.4) is 0 Å². The molecule has 0 atom stereocenters. The second-order valence-corrected chi connectivity index (χ2v) is 7.10. The van der Waals surface area contributed by atoms with Crippen LogP contribution in [-0.2, 0) is 6.18 Å². The first-order valence-corrected chi connectivity index (χ1v) is 9.63.